The molecule has 0 radical (unpaired) electrons. The van der Waals surface area contributed by atoms with E-state index in [1.807, 2.05) is 0 Å². The van der Waals surface area contributed by atoms with Crippen LogP contribution in [0.2, 0.25) is 0 Å². The van der Waals surface area contributed by atoms with Gasteiger partial charge >= 0.3 is 6.18 Å². The third-order valence-corrected chi connectivity index (χ3v) is 2.80. The SMILES string of the molecule is COc1ncc(NNC(=O)c2ccc(C(F)(F)F)cc2)cc1F. The van der Waals surface area contributed by atoms with E-state index in [1.54, 1.807) is 0 Å². The van der Waals surface area contributed by atoms with Gasteiger partial charge in [0.25, 0.3) is 5.91 Å². The lowest BCUT2D eigenvalue weighted by atomic mass is 10.1. The Kier molecular flexibility index (Phi) is 4.68. The first-order chi connectivity index (χ1) is 10.8. The number of nitrogens with one attached hydrogen (secondary N) is 2. The molecular formula is C14H11F4N3O2. The summed E-state index contributed by atoms with van der Waals surface area (Å²) in [4.78, 5) is 15.4. The lowest BCUT2D eigenvalue weighted by Gasteiger charge is -2.10. The van der Waals surface area contributed by atoms with E-state index in [0.717, 1.165) is 30.3 Å². The molecule has 23 heavy (non-hydrogen) atoms. The molecule has 1 amide bonds. The van der Waals surface area contributed by atoms with Crippen LogP contribution in [-0.2, 0) is 6.18 Å². The van der Waals surface area contributed by atoms with E-state index in [0.29, 0.717) is 0 Å². The summed E-state index contributed by atoms with van der Waals surface area (Å²) in [7, 11) is 1.25. The number of benzene rings is 1. The summed E-state index contributed by atoms with van der Waals surface area (Å²) in [6.07, 6.45) is -3.26. The van der Waals surface area contributed by atoms with Gasteiger partial charge in [-0.3, -0.25) is 15.6 Å². The van der Waals surface area contributed by atoms with E-state index < -0.39 is 23.5 Å². The quantitative estimate of drug-likeness (QED) is 0.669. The number of ether oxygens (including phenoxy) is 1. The number of hydrogen-bond acceptors (Lipinski definition) is 4. The van der Waals surface area contributed by atoms with Crippen LogP contribution in [0.5, 0.6) is 5.88 Å². The highest BCUT2D eigenvalue weighted by atomic mass is 19.4. The van der Waals surface area contributed by atoms with Gasteiger partial charge in [-0.15, -0.1) is 0 Å². The summed E-state index contributed by atoms with van der Waals surface area (Å²) in [6.45, 7) is 0. The summed E-state index contributed by atoms with van der Waals surface area (Å²) in [5.41, 5.74) is 3.91. The summed E-state index contributed by atoms with van der Waals surface area (Å²) in [6, 6.07) is 4.70. The molecule has 0 spiro atoms. The number of aromatic nitrogens is 1. The first kappa shape index (κ1) is 16.5. The summed E-state index contributed by atoms with van der Waals surface area (Å²) in [5, 5.41) is 0. The van der Waals surface area contributed by atoms with Crippen molar-refractivity contribution in [1.29, 1.82) is 0 Å². The van der Waals surface area contributed by atoms with Crippen molar-refractivity contribution >= 4 is 11.6 Å². The van der Waals surface area contributed by atoms with Crippen molar-refractivity contribution in [1.82, 2.24) is 10.4 Å². The van der Waals surface area contributed by atoms with Gasteiger partial charge < -0.3 is 4.74 Å². The second kappa shape index (κ2) is 6.51. The molecule has 1 heterocycles. The highest BCUT2D eigenvalue weighted by Crippen LogP contribution is 2.29. The number of carbonyl (C=O) groups is 1. The highest BCUT2D eigenvalue weighted by Gasteiger charge is 2.30. The van der Waals surface area contributed by atoms with Gasteiger partial charge in [-0.2, -0.15) is 13.2 Å². The Balaban J connectivity index is 2.01. The molecule has 2 N–H and O–H groups in total. The third kappa shape index (κ3) is 4.09. The number of methoxy groups -OCH3 is 1. The predicted molar refractivity (Wildman–Crippen MR) is 73.3 cm³/mol. The third-order valence-electron chi connectivity index (χ3n) is 2.80. The maximum Gasteiger partial charge on any atom is 0.416 e. The van der Waals surface area contributed by atoms with Crippen LogP contribution in [-0.4, -0.2) is 18.0 Å². The Labute approximate surface area is 128 Å². The largest absolute Gasteiger partial charge is 0.479 e. The number of hydrogen-bond donors (Lipinski definition) is 2. The molecule has 0 bridgehead atoms. The van der Waals surface area contributed by atoms with Crippen molar-refractivity contribution < 1.29 is 27.1 Å². The molecule has 0 saturated carbocycles. The number of anilines is 1. The molecule has 1 aromatic carbocycles. The number of nitrogens with zero attached hydrogens (tertiary/aromatic N) is 1. The van der Waals surface area contributed by atoms with Crippen LogP contribution in [0.3, 0.4) is 0 Å². The Morgan fingerprint density at radius 2 is 1.87 bits per heavy atom. The van der Waals surface area contributed by atoms with E-state index in [9.17, 15) is 22.4 Å². The number of rotatable bonds is 4. The summed E-state index contributed by atoms with van der Waals surface area (Å²) < 4.78 is 55.3. The van der Waals surface area contributed by atoms with E-state index in [1.165, 1.54) is 13.3 Å². The van der Waals surface area contributed by atoms with Crippen LogP contribution in [0.1, 0.15) is 15.9 Å². The molecule has 0 aliphatic carbocycles. The van der Waals surface area contributed by atoms with Crippen molar-refractivity contribution in [2.75, 3.05) is 12.5 Å². The Hall–Kier alpha value is -2.84. The van der Waals surface area contributed by atoms with Gasteiger partial charge in [0, 0.05) is 11.6 Å². The van der Waals surface area contributed by atoms with Crippen LogP contribution in [0.15, 0.2) is 36.5 Å². The van der Waals surface area contributed by atoms with Crippen molar-refractivity contribution in [3.8, 4) is 5.88 Å². The second-order valence-electron chi connectivity index (χ2n) is 4.37. The standard InChI is InChI=1S/C14H11F4N3O2/c1-23-13-11(15)6-10(7-19-13)20-21-12(22)8-2-4-9(5-3-8)14(16,17)18/h2-7,20H,1H3,(H,21,22). The minimum absolute atomic E-state index is 0.00689. The zero-order chi connectivity index (χ0) is 17.0. The van der Waals surface area contributed by atoms with Crippen LogP contribution in [0, 0.1) is 5.82 Å². The van der Waals surface area contributed by atoms with E-state index in [-0.39, 0.29) is 17.1 Å². The number of carbonyl (C=O) groups excluding carboxylic acids is 1. The topological polar surface area (TPSA) is 63.2 Å². The summed E-state index contributed by atoms with van der Waals surface area (Å²) in [5.74, 6) is -1.62. The average Bonchev–Trinajstić information content (AvgIpc) is 2.52. The average molecular weight is 329 g/mol. The fourth-order valence-corrected chi connectivity index (χ4v) is 1.66. The van der Waals surface area contributed by atoms with Gasteiger partial charge in [0.05, 0.1) is 24.6 Å². The Bertz CT molecular complexity index is 702. The monoisotopic (exact) mass is 329 g/mol. The van der Waals surface area contributed by atoms with Gasteiger partial charge in [0.2, 0.25) is 5.88 Å². The van der Waals surface area contributed by atoms with Gasteiger partial charge in [-0.25, -0.2) is 9.37 Å². The molecule has 5 nitrogen and oxygen atoms in total. The second-order valence-corrected chi connectivity index (χ2v) is 4.37. The molecular weight excluding hydrogens is 318 g/mol. The van der Waals surface area contributed by atoms with E-state index in [2.05, 4.69) is 20.6 Å². The lowest BCUT2D eigenvalue weighted by Crippen LogP contribution is -2.29. The lowest BCUT2D eigenvalue weighted by molar-refractivity contribution is -0.137. The number of pyridine rings is 1. The number of hydrazine groups is 1. The van der Waals surface area contributed by atoms with Crippen molar-refractivity contribution in [3.63, 3.8) is 0 Å². The zero-order valence-electron chi connectivity index (χ0n) is 11.7. The molecule has 2 rings (SSSR count). The minimum Gasteiger partial charge on any atom is -0.479 e. The molecule has 122 valence electrons. The molecule has 0 fully saturated rings. The first-order valence-electron chi connectivity index (χ1n) is 6.24. The zero-order valence-corrected chi connectivity index (χ0v) is 11.7. The molecule has 0 unspecified atom stereocenters. The molecule has 0 saturated heterocycles. The van der Waals surface area contributed by atoms with Crippen molar-refractivity contribution in [2.45, 2.75) is 6.18 Å². The number of amides is 1. The van der Waals surface area contributed by atoms with E-state index >= 15 is 0 Å². The molecule has 0 aliphatic heterocycles. The highest BCUT2D eigenvalue weighted by molar-refractivity contribution is 5.94. The Morgan fingerprint density at radius 1 is 1.22 bits per heavy atom. The number of alkyl halides is 3. The Morgan fingerprint density at radius 3 is 2.39 bits per heavy atom. The van der Waals surface area contributed by atoms with Gasteiger partial charge in [-0.1, -0.05) is 0 Å². The normalized spacial score (nSPS) is 11.0. The van der Waals surface area contributed by atoms with Crippen molar-refractivity contribution in [2.24, 2.45) is 0 Å². The maximum absolute atomic E-state index is 13.4. The first-order valence-corrected chi connectivity index (χ1v) is 6.24. The molecule has 1 aromatic heterocycles. The smallest absolute Gasteiger partial charge is 0.416 e. The maximum atomic E-state index is 13.4. The predicted octanol–water partition coefficient (Wildman–Crippen LogP) is 3.01. The fourth-order valence-electron chi connectivity index (χ4n) is 1.66. The molecule has 0 atom stereocenters. The van der Waals surface area contributed by atoms with E-state index in [4.69, 9.17) is 0 Å². The van der Waals surface area contributed by atoms with Crippen LogP contribution >= 0.6 is 0 Å². The van der Waals surface area contributed by atoms with Crippen LogP contribution < -0.4 is 15.6 Å². The van der Waals surface area contributed by atoms with Crippen LogP contribution in [0.25, 0.3) is 0 Å². The fraction of sp³-hybridized carbons (Fsp3) is 0.143. The number of halogens is 4. The van der Waals surface area contributed by atoms with Gasteiger partial charge in [0.15, 0.2) is 5.82 Å². The van der Waals surface area contributed by atoms with Crippen molar-refractivity contribution in [3.05, 3.63) is 53.5 Å². The summed E-state index contributed by atoms with van der Waals surface area (Å²) >= 11 is 0. The van der Waals surface area contributed by atoms with Gasteiger partial charge in [-0.05, 0) is 24.3 Å². The minimum atomic E-state index is -4.47. The molecule has 0 aliphatic rings. The van der Waals surface area contributed by atoms with Gasteiger partial charge in [0.1, 0.15) is 0 Å². The molecule has 9 heteroatoms. The van der Waals surface area contributed by atoms with Crippen LogP contribution in [0.4, 0.5) is 23.2 Å². The molecule has 2 aromatic rings.